The molecule has 1 heterocycles. The molecule has 1 saturated heterocycles. The Hall–Kier alpha value is -0.810. The van der Waals surface area contributed by atoms with E-state index in [2.05, 4.69) is 5.32 Å². The zero-order valence-corrected chi connectivity index (χ0v) is 11.3. The summed E-state index contributed by atoms with van der Waals surface area (Å²) in [7, 11) is 0. The standard InChI is InChI=1S/C12H15Cl2N3O/c13-9-5-8(6-10(14)7-9)11(12(15)18)17-3-1-16-2-4-17/h5-7,11,16H,1-4H2,(H2,15,18). The van der Waals surface area contributed by atoms with E-state index in [4.69, 9.17) is 28.9 Å². The number of nitrogens with zero attached hydrogens (tertiary/aromatic N) is 1. The van der Waals surface area contributed by atoms with E-state index in [1.165, 1.54) is 0 Å². The summed E-state index contributed by atoms with van der Waals surface area (Å²) in [5.41, 5.74) is 6.26. The Kier molecular flexibility index (Phi) is 4.45. The number of nitrogens with two attached hydrogens (primary N) is 1. The fourth-order valence-corrected chi connectivity index (χ4v) is 2.77. The van der Waals surface area contributed by atoms with Crippen molar-refractivity contribution in [3.8, 4) is 0 Å². The molecule has 0 spiro atoms. The van der Waals surface area contributed by atoms with E-state index in [1.54, 1.807) is 18.2 Å². The molecule has 4 nitrogen and oxygen atoms in total. The third-order valence-corrected chi connectivity index (χ3v) is 3.42. The molecular weight excluding hydrogens is 273 g/mol. The summed E-state index contributed by atoms with van der Waals surface area (Å²) in [4.78, 5) is 13.7. The lowest BCUT2D eigenvalue weighted by atomic mass is 10.0. The van der Waals surface area contributed by atoms with Crippen LogP contribution < -0.4 is 11.1 Å². The first-order chi connectivity index (χ1) is 8.58. The molecule has 0 radical (unpaired) electrons. The molecule has 2 rings (SSSR count). The molecule has 0 bridgehead atoms. The highest BCUT2D eigenvalue weighted by Gasteiger charge is 2.27. The third kappa shape index (κ3) is 3.14. The fraction of sp³-hybridized carbons (Fsp3) is 0.417. The Bertz CT molecular complexity index is 427. The van der Waals surface area contributed by atoms with Crippen LogP contribution in [0.15, 0.2) is 18.2 Å². The summed E-state index contributed by atoms with van der Waals surface area (Å²) < 4.78 is 0. The maximum atomic E-state index is 11.7. The molecule has 1 aromatic carbocycles. The van der Waals surface area contributed by atoms with Gasteiger partial charge in [-0.15, -0.1) is 0 Å². The van der Waals surface area contributed by atoms with Crippen molar-refractivity contribution in [3.05, 3.63) is 33.8 Å². The van der Waals surface area contributed by atoms with Gasteiger partial charge >= 0.3 is 0 Å². The summed E-state index contributed by atoms with van der Waals surface area (Å²) >= 11 is 11.9. The zero-order chi connectivity index (χ0) is 13.1. The van der Waals surface area contributed by atoms with Crippen molar-refractivity contribution in [2.45, 2.75) is 6.04 Å². The van der Waals surface area contributed by atoms with Gasteiger partial charge in [0.15, 0.2) is 0 Å². The van der Waals surface area contributed by atoms with E-state index in [0.29, 0.717) is 10.0 Å². The monoisotopic (exact) mass is 287 g/mol. The lowest BCUT2D eigenvalue weighted by Gasteiger charge is -2.33. The Morgan fingerprint density at radius 2 is 1.78 bits per heavy atom. The van der Waals surface area contributed by atoms with E-state index in [0.717, 1.165) is 31.7 Å². The Balaban J connectivity index is 2.31. The van der Waals surface area contributed by atoms with Gasteiger partial charge in [-0.05, 0) is 23.8 Å². The fourth-order valence-electron chi connectivity index (χ4n) is 2.23. The SMILES string of the molecule is NC(=O)C(c1cc(Cl)cc(Cl)c1)N1CCNCC1. The average molecular weight is 288 g/mol. The molecule has 0 aromatic heterocycles. The first-order valence-corrected chi connectivity index (χ1v) is 6.53. The van der Waals surface area contributed by atoms with Gasteiger partial charge in [-0.25, -0.2) is 0 Å². The maximum absolute atomic E-state index is 11.7. The normalized spacial score (nSPS) is 18.6. The molecule has 18 heavy (non-hydrogen) atoms. The number of carbonyl (C=O) groups is 1. The van der Waals surface area contributed by atoms with Gasteiger partial charge in [0, 0.05) is 36.2 Å². The number of amides is 1. The van der Waals surface area contributed by atoms with E-state index in [9.17, 15) is 4.79 Å². The highest BCUT2D eigenvalue weighted by atomic mass is 35.5. The number of primary amides is 1. The van der Waals surface area contributed by atoms with Gasteiger partial charge in [-0.2, -0.15) is 0 Å². The minimum absolute atomic E-state index is 0.379. The van der Waals surface area contributed by atoms with Crippen molar-refractivity contribution in [1.82, 2.24) is 10.2 Å². The molecule has 0 saturated carbocycles. The number of hydrogen-bond acceptors (Lipinski definition) is 3. The molecular formula is C12H15Cl2N3O. The Labute approximate surface area is 116 Å². The Morgan fingerprint density at radius 1 is 1.22 bits per heavy atom. The van der Waals surface area contributed by atoms with Gasteiger partial charge in [0.05, 0.1) is 0 Å². The minimum Gasteiger partial charge on any atom is -0.368 e. The Morgan fingerprint density at radius 3 is 2.28 bits per heavy atom. The first kappa shape index (κ1) is 13.6. The molecule has 3 N–H and O–H groups in total. The predicted octanol–water partition coefficient (Wildman–Crippen LogP) is 1.43. The summed E-state index contributed by atoms with van der Waals surface area (Å²) in [5, 5.41) is 4.26. The van der Waals surface area contributed by atoms with Crippen molar-refractivity contribution < 1.29 is 4.79 Å². The second kappa shape index (κ2) is 5.89. The van der Waals surface area contributed by atoms with Gasteiger partial charge in [0.1, 0.15) is 6.04 Å². The third-order valence-electron chi connectivity index (χ3n) is 2.99. The lowest BCUT2D eigenvalue weighted by Crippen LogP contribution is -2.48. The molecule has 1 aliphatic heterocycles. The van der Waals surface area contributed by atoms with E-state index in [-0.39, 0.29) is 5.91 Å². The quantitative estimate of drug-likeness (QED) is 0.884. The highest BCUT2D eigenvalue weighted by Crippen LogP contribution is 2.27. The summed E-state index contributed by atoms with van der Waals surface area (Å²) in [6, 6.07) is 4.65. The van der Waals surface area contributed by atoms with E-state index >= 15 is 0 Å². The highest BCUT2D eigenvalue weighted by molar-refractivity contribution is 6.34. The molecule has 1 amide bonds. The van der Waals surface area contributed by atoms with Gasteiger partial charge in [0.25, 0.3) is 0 Å². The van der Waals surface area contributed by atoms with Gasteiger partial charge in [0.2, 0.25) is 5.91 Å². The summed E-state index contributed by atoms with van der Waals surface area (Å²) in [6.07, 6.45) is 0. The van der Waals surface area contributed by atoms with Gasteiger partial charge in [-0.1, -0.05) is 23.2 Å². The molecule has 1 fully saturated rings. The molecule has 1 unspecified atom stereocenters. The van der Waals surface area contributed by atoms with Gasteiger partial charge < -0.3 is 11.1 Å². The van der Waals surface area contributed by atoms with Crippen LogP contribution in [-0.2, 0) is 4.79 Å². The van der Waals surface area contributed by atoms with Crippen LogP contribution in [0.5, 0.6) is 0 Å². The van der Waals surface area contributed by atoms with Crippen LogP contribution in [0.3, 0.4) is 0 Å². The minimum atomic E-state index is -0.469. The van der Waals surface area contributed by atoms with Crippen LogP contribution in [0.4, 0.5) is 0 Å². The van der Waals surface area contributed by atoms with Crippen molar-refractivity contribution in [2.75, 3.05) is 26.2 Å². The summed E-state index contributed by atoms with van der Waals surface area (Å²) in [5.74, 6) is -0.379. The number of hydrogen-bond donors (Lipinski definition) is 2. The van der Waals surface area contributed by atoms with Crippen molar-refractivity contribution in [2.24, 2.45) is 5.73 Å². The van der Waals surface area contributed by atoms with E-state index < -0.39 is 6.04 Å². The topological polar surface area (TPSA) is 58.4 Å². The van der Waals surface area contributed by atoms with Crippen LogP contribution in [-0.4, -0.2) is 37.0 Å². The second-order valence-electron chi connectivity index (χ2n) is 4.29. The van der Waals surface area contributed by atoms with Gasteiger partial charge in [-0.3, -0.25) is 9.69 Å². The number of carbonyl (C=O) groups excluding carboxylic acids is 1. The van der Waals surface area contributed by atoms with Crippen LogP contribution in [0.25, 0.3) is 0 Å². The number of rotatable bonds is 3. The largest absolute Gasteiger partial charge is 0.368 e. The number of piperazine rings is 1. The summed E-state index contributed by atoms with van der Waals surface area (Å²) in [6.45, 7) is 3.24. The van der Waals surface area contributed by atoms with Crippen LogP contribution in [0, 0.1) is 0 Å². The number of halogens is 2. The molecule has 1 atom stereocenters. The predicted molar refractivity (Wildman–Crippen MR) is 72.8 cm³/mol. The van der Waals surface area contributed by atoms with Crippen LogP contribution in [0.2, 0.25) is 10.0 Å². The number of benzene rings is 1. The van der Waals surface area contributed by atoms with Crippen molar-refractivity contribution in [1.29, 1.82) is 0 Å². The van der Waals surface area contributed by atoms with Crippen LogP contribution in [0.1, 0.15) is 11.6 Å². The first-order valence-electron chi connectivity index (χ1n) is 5.78. The lowest BCUT2D eigenvalue weighted by molar-refractivity contribution is -0.123. The molecule has 6 heteroatoms. The molecule has 0 aliphatic carbocycles. The molecule has 1 aromatic rings. The maximum Gasteiger partial charge on any atom is 0.239 e. The van der Waals surface area contributed by atoms with Crippen molar-refractivity contribution >= 4 is 29.1 Å². The second-order valence-corrected chi connectivity index (χ2v) is 5.17. The molecule has 98 valence electrons. The van der Waals surface area contributed by atoms with Crippen molar-refractivity contribution in [3.63, 3.8) is 0 Å². The average Bonchev–Trinajstić information content (AvgIpc) is 2.28. The smallest absolute Gasteiger partial charge is 0.239 e. The van der Waals surface area contributed by atoms with E-state index in [1.807, 2.05) is 4.90 Å². The molecule has 1 aliphatic rings. The zero-order valence-electron chi connectivity index (χ0n) is 9.83. The number of nitrogens with one attached hydrogen (secondary N) is 1. The van der Waals surface area contributed by atoms with Crippen LogP contribution >= 0.6 is 23.2 Å².